The van der Waals surface area contributed by atoms with E-state index in [-0.39, 0.29) is 0 Å². The third-order valence-corrected chi connectivity index (χ3v) is 6.40. The van der Waals surface area contributed by atoms with Gasteiger partial charge in [0.25, 0.3) is 0 Å². The normalized spacial score (nSPS) is 13.0. The molecule has 0 radical (unpaired) electrons. The molecule has 108 valence electrons. The van der Waals surface area contributed by atoms with Crippen LogP contribution in [0.5, 0.6) is 0 Å². The van der Waals surface area contributed by atoms with E-state index in [0.717, 1.165) is 17.5 Å². The number of halogens is 1. The number of benzene rings is 1. The third kappa shape index (κ3) is 3.12. The maximum atomic E-state index is 12.7. The summed E-state index contributed by atoms with van der Waals surface area (Å²) in [5, 5.41) is 0. The summed E-state index contributed by atoms with van der Waals surface area (Å²) < 4.78 is 26.9. The van der Waals surface area contributed by atoms with Crippen molar-refractivity contribution in [2.45, 2.75) is 50.4 Å². The second-order valence-electron chi connectivity index (χ2n) is 5.31. The first-order valence-corrected chi connectivity index (χ1v) is 8.29. The van der Waals surface area contributed by atoms with Crippen LogP contribution in [-0.4, -0.2) is 25.3 Å². The zero-order chi connectivity index (χ0) is 14.8. The van der Waals surface area contributed by atoms with Gasteiger partial charge < -0.3 is 0 Å². The van der Waals surface area contributed by atoms with E-state index in [1.54, 1.807) is 26.1 Å². The van der Waals surface area contributed by atoms with E-state index in [2.05, 4.69) is 0 Å². The lowest BCUT2D eigenvalue weighted by Gasteiger charge is -2.34. The molecule has 1 aromatic rings. The molecule has 0 aliphatic rings. The predicted octanol–water partition coefficient (Wildman–Crippen LogP) is 3.54. The van der Waals surface area contributed by atoms with Gasteiger partial charge >= 0.3 is 0 Å². The van der Waals surface area contributed by atoms with Crippen LogP contribution >= 0.6 is 11.6 Å². The molecule has 0 spiro atoms. The predicted molar refractivity (Wildman–Crippen MR) is 80.1 cm³/mol. The molecule has 3 nitrogen and oxygen atoms in total. The van der Waals surface area contributed by atoms with E-state index >= 15 is 0 Å². The molecule has 0 aromatic heterocycles. The number of nitrogens with zero attached hydrogens (tertiary/aromatic N) is 1. The summed E-state index contributed by atoms with van der Waals surface area (Å²) in [7, 11) is -1.87. The van der Waals surface area contributed by atoms with Crippen molar-refractivity contribution in [1.29, 1.82) is 0 Å². The lowest BCUT2D eigenvalue weighted by atomic mass is 10.0. The van der Waals surface area contributed by atoms with Crippen molar-refractivity contribution in [2.24, 2.45) is 0 Å². The molecule has 0 unspecified atom stereocenters. The molecular formula is C14H22ClNO2S. The number of sulfonamides is 1. The first-order chi connectivity index (χ1) is 8.68. The Morgan fingerprint density at radius 2 is 1.89 bits per heavy atom. The Bertz CT molecular complexity index is 553. The van der Waals surface area contributed by atoms with Crippen LogP contribution in [0.15, 0.2) is 23.1 Å². The van der Waals surface area contributed by atoms with Crippen LogP contribution in [0, 0.1) is 6.92 Å². The van der Waals surface area contributed by atoms with Gasteiger partial charge in [0.05, 0.1) is 4.90 Å². The van der Waals surface area contributed by atoms with Gasteiger partial charge in [-0.1, -0.05) is 19.1 Å². The van der Waals surface area contributed by atoms with Crippen molar-refractivity contribution in [3.05, 3.63) is 29.3 Å². The average Bonchev–Trinajstić information content (AvgIpc) is 2.37. The Kier molecular flexibility index (Phi) is 5.04. The Morgan fingerprint density at radius 3 is 2.37 bits per heavy atom. The molecule has 0 aliphatic heterocycles. The van der Waals surface area contributed by atoms with E-state index in [4.69, 9.17) is 11.6 Å². The van der Waals surface area contributed by atoms with Crippen LogP contribution in [0.1, 0.15) is 38.3 Å². The van der Waals surface area contributed by atoms with Crippen LogP contribution < -0.4 is 0 Å². The van der Waals surface area contributed by atoms with E-state index in [0.29, 0.717) is 10.8 Å². The number of hydrogen-bond donors (Lipinski definition) is 0. The summed E-state index contributed by atoms with van der Waals surface area (Å²) >= 11 is 5.84. The Hall–Kier alpha value is -0.580. The van der Waals surface area contributed by atoms with Crippen LogP contribution in [0.25, 0.3) is 0 Å². The summed E-state index contributed by atoms with van der Waals surface area (Å²) in [5.74, 6) is 0.316. The minimum atomic E-state index is -3.50. The van der Waals surface area contributed by atoms with Gasteiger partial charge in [-0.25, -0.2) is 8.42 Å². The molecule has 5 heteroatoms. The highest BCUT2D eigenvalue weighted by Crippen LogP contribution is 2.28. The van der Waals surface area contributed by atoms with Crippen molar-refractivity contribution in [3.8, 4) is 0 Å². The molecule has 0 saturated heterocycles. The molecule has 0 heterocycles. The smallest absolute Gasteiger partial charge is 0.207 e. The maximum absolute atomic E-state index is 12.7. The fourth-order valence-electron chi connectivity index (χ4n) is 1.78. The SMILES string of the molecule is CCC(C)(C)N(C)S(=O)(=O)c1cccc(CCl)c1C. The molecule has 0 aliphatic carbocycles. The Balaban J connectivity index is 3.37. The second-order valence-corrected chi connectivity index (χ2v) is 7.52. The Labute approximate surface area is 121 Å². The monoisotopic (exact) mass is 303 g/mol. The van der Waals surface area contributed by atoms with Crippen molar-refractivity contribution >= 4 is 21.6 Å². The lowest BCUT2D eigenvalue weighted by molar-refractivity contribution is 0.257. The topological polar surface area (TPSA) is 37.4 Å². The summed E-state index contributed by atoms with van der Waals surface area (Å²) in [6, 6.07) is 5.24. The van der Waals surface area contributed by atoms with Gasteiger partial charge in [0.15, 0.2) is 0 Å². The van der Waals surface area contributed by atoms with Gasteiger partial charge in [-0.3, -0.25) is 0 Å². The van der Waals surface area contributed by atoms with E-state index < -0.39 is 15.6 Å². The third-order valence-electron chi connectivity index (χ3n) is 3.90. The Morgan fingerprint density at radius 1 is 1.32 bits per heavy atom. The highest BCUT2D eigenvalue weighted by atomic mass is 35.5. The fourth-order valence-corrected chi connectivity index (χ4v) is 3.91. The molecule has 19 heavy (non-hydrogen) atoms. The van der Waals surface area contributed by atoms with Gasteiger partial charge in [-0.15, -0.1) is 11.6 Å². The van der Waals surface area contributed by atoms with Crippen molar-refractivity contribution < 1.29 is 8.42 Å². The molecule has 0 bridgehead atoms. The zero-order valence-corrected chi connectivity index (χ0v) is 13.8. The van der Waals surface area contributed by atoms with Crippen LogP contribution in [0.4, 0.5) is 0 Å². The van der Waals surface area contributed by atoms with Gasteiger partial charge in [0.1, 0.15) is 0 Å². The summed E-state index contributed by atoms with van der Waals surface area (Å²) in [6.45, 7) is 7.63. The highest BCUT2D eigenvalue weighted by Gasteiger charge is 2.33. The fraction of sp³-hybridized carbons (Fsp3) is 0.571. The molecule has 0 amide bonds. The number of rotatable bonds is 5. The molecular weight excluding hydrogens is 282 g/mol. The maximum Gasteiger partial charge on any atom is 0.243 e. The summed E-state index contributed by atoms with van der Waals surface area (Å²) in [6.07, 6.45) is 0.747. The highest BCUT2D eigenvalue weighted by molar-refractivity contribution is 7.89. The minimum Gasteiger partial charge on any atom is -0.207 e. The number of alkyl halides is 1. The van der Waals surface area contributed by atoms with Crippen LogP contribution in [0.2, 0.25) is 0 Å². The summed E-state index contributed by atoms with van der Waals surface area (Å²) in [5.41, 5.74) is 1.17. The van der Waals surface area contributed by atoms with Crippen LogP contribution in [0.3, 0.4) is 0 Å². The molecule has 1 aromatic carbocycles. The van der Waals surface area contributed by atoms with Gasteiger partial charge in [-0.05, 0) is 44.4 Å². The van der Waals surface area contributed by atoms with Crippen LogP contribution in [-0.2, 0) is 15.9 Å². The molecule has 0 N–H and O–H groups in total. The second kappa shape index (κ2) is 5.81. The van der Waals surface area contributed by atoms with E-state index in [1.165, 1.54) is 4.31 Å². The molecule has 0 saturated carbocycles. The van der Waals surface area contributed by atoms with Gasteiger partial charge in [0.2, 0.25) is 10.0 Å². The summed E-state index contributed by atoms with van der Waals surface area (Å²) in [4.78, 5) is 0.342. The lowest BCUT2D eigenvalue weighted by Crippen LogP contribution is -2.44. The largest absolute Gasteiger partial charge is 0.243 e. The number of hydrogen-bond acceptors (Lipinski definition) is 2. The zero-order valence-electron chi connectivity index (χ0n) is 12.2. The van der Waals surface area contributed by atoms with Gasteiger partial charge in [0, 0.05) is 18.5 Å². The first kappa shape index (κ1) is 16.5. The molecule has 0 fully saturated rings. The van der Waals surface area contributed by atoms with E-state index in [9.17, 15) is 8.42 Å². The van der Waals surface area contributed by atoms with E-state index in [1.807, 2.05) is 26.8 Å². The molecule has 1 rings (SSSR count). The van der Waals surface area contributed by atoms with Gasteiger partial charge in [-0.2, -0.15) is 4.31 Å². The van der Waals surface area contributed by atoms with Crippen molar-refractivity contribution in [1.82, 2.24) is 4.31 Å². The van der Waals surface area contributed by atoms with Crippen molar-refractivity contribution in [2.75, 3.05) is 7.05 Å². The minimum absolute atomic E-state index is 0.316. The average molecular weight is 304 g/mol. The van der Waals surface area contributed by atoms with Crippen molar-refractivity contribution in [3.63, 3.8) is 0 Å². The quantitative estimate of drug-likeness (QED) is 0.780. The first-order valence-electron chi connectivity index (χ1n) is 6.32. The standard InChI is InChI=1S/C14H22ClNO2S/c1-6-14(3,4)16(5)19(17,18)13-9-7-8-12(10-15)11(13)2/h7-9H,6,10H2,1-5H3. The molecule has 0 atom stereocenters.